The normalized spacial score (nSPS) is 12.3. The quantitative estimate of drug-likeness (QED) is 0.715. The molecule has 1 atom stereocenters. The fraction of sp³-hybridized carbons (Fsp3) is 0.250. The maximum absolute atomic E-state index is 12.4. The van der Waals surface area contributed by atoms with Crippen LogP contribution in [0.25, 0.3) is 11.0 Å². The van der Waals surface area contributed by atoms with Gasteiger partial charge in [-0.15, -0.1) is 0 Å². The van der Waals surface area contributed by atoms with Gasteiger partial charge in [-0.3, -0.25) is 4.79 Å². The molecule has 0 saturated carbocycles. The van der Waals surface area contributed by atoms with Crippen LogP contribution in [0.2, 0.25) is 5.02 Å². The summed E-state index contributed by atoms with van der Waals surface area (Å²) in [5.41, 5.74) is 5.14. The summed E-state index contributed by atoms with van der Waals surface area (Å²) in [4.78, 5) is 12.4. The highest BCUT2D eigenvalue weighted by molar-refractivity contribution is 6.30. The van der Waals surface area contributed by atoms with Crippen LogP contribution in [0.15, 0.2) is 47.1 Å². The summed E-state index contributed by atoms with van der Waals surface area (Å²) in [6.45, 7) is 6.08. The number of carbonyl (C=O) groups is 1. The Balaban J connectivity index is 1.73. The van der Waals surface area contributed by atoms with E-state index < -0.39 is 0 Å². The minimum Gasteiger partial charge on any atom is -0.464 e. The zero-order valence-corrected chi connectivity index (χ0v) is 14.8. The Hall–Kier alpha value is -2.26. The third-order valence-electron chi connectivity index (χ3n) is 4.37. The lowest BCUT2D eigenvalue weighted by Crippen LogP contribution is -2.28. The summed E-state index contributed by atoms with van der Waals surface area (Å²) in [5, 5.41) is 4.72. The Kier molecular flexibility index (Phi) is 4.63. The second-order valence-electron chi connectivity index (χ2n) is 6.21. The summed E-state index contributed by atoms with van der Waals surface area (Å²) in [7, 11) is 0. The van der Waals surface area contributed by atoms with E-state index in [9.17, 15) is 4.79 Å². The van der Waals surface area contributed by atoms with E-state index in [4.69, 9.17) is 16.0 Å². The molecule has 0 bridgehead atoms. The van der Waals surface area contributed by atoms with Gasteiger partial charge in [0.1, 0.15) is 5.58 Å². The lowest BCUT2D eigenvalue weighted by Gasteiger charge is -2.14. The molecule has 1 amide bonds. The Morgan fingerprint density at radius 3 is 2.54 bits per heavy atom. The first-order chi connectivity index (χ1) is 11.4. The van der Waals surface area contributed by atoms with Crippen molar-refractivity contribution in [1.29, 1.82) is 0 Å². The van der Waals surface area contributed by atoms with E-state index >= 15 is 0 Å². The number of amides is 1. The van der Waals surface area contributed by atoms with Crippen molar-refractivity contribution in [2.45, 2.75) is 33.2 Å². The minimum absolute atomic E-state index is 0.0293. The number of hydrogen-bond acceptors (Lipinski definition) is 2. The lowest BCUT2D eigenvalue weighted by atomic mass is 10.0. The molecule has 24 heavy (non-hydrogen) atoms. The van der Waals surface area contributed by atoms with Gasteiger partial charge >= 0.3 is 0 Å². The van der Waals surface area contributed by atoms with E-state index in [-0.39, 0.29) is 11.9 Å². The smallest absolute Gasteiger partial charge is 0.225 e. The first-order valence-corrected chi connectivity index (χ1v) is 8.34. The molecular formula is C20H20ClNO2. The molecule has 3 aromatic rings. The van der Waals surface area contributed by atoms with Crippen LogP contribution in [0, 0.1) is 13.8 Å². The van der Waals surface area contributed by atoms with Gasteiger partial charge in [0.15, 0.2) is 0 Å². The Morgan fingerprint density at radius 1 is 1.17 bits per heavy atom. The van der Waals surface area contributed by atoms with Crippen molar-refractivity contribution in [3.8, 4) is 0 Å². The number of rotatable bonds is 4. The highest BCUT2D eigenvalue weighted by Crippen LogP contribution is 2.25. The van der Waals surface area contributed by atoms with E-state index in [1.54, 1.807) is 6.26 Å². The first-order valence-electron chi connectivity index (χ1n) is 7.96. The number of aryl methyl sites for hydroxylation is 2. The fourth-order valence-electron chi connectivity index (χ4n) is 2.77. The van der Waals surface area contributed by atoms with Crippen LogP contribution >= 0.6 is 11.6 Å². The maximum atomic E-state index is 12.4. The Morgan fingerprint density at radius 2 is 1.83 bits per heavy atom. The van der Waals surface area contributed by atoms with Crippen molar-refractivity contribution < 1.29 is 9.21 Å². The lowest BCUT2D eigenvalue weighted by molar-refractivity contribution is -0.121. The van der Waals surface area contributed by atoms with Gasteiger partial charge in [0.2, 0.25) is 5.91 Å². The Labute approximate surface area is 146 Å². The molecule has 0 spiro atoms. The van der Waals surface area contributed by atoms with Crippen LogP contribution in [0.4, 0.5) is 0 Å². The van der Waals surface area contributed by atoms with Crippen LogP contribution in [0.1, 0.15) is 35.2 Å². The molecular weight excluding hydrogens is 322 g/mol. The molecule has 0 saturated heterocycles. The molecule has 3 nitrogen and oxygen atoms in total. The topological polar surface area (TPSA) is 42.2 Å². The zero-order chi connectivity index (χ0) is 17.3. The summed E-state index contributed by atoms with van der Waals surface area (Å²) >= 11 is 5.90. The maximum Gasteiger partial charge on any atom is 0.225 e. The van der Waals surface area contributed by atoms with E-state index in [1.807, 2.05) is 37.3 Å². The first kappa shape index (κ1) is 16.6. The number of furan rings is 1. The van der Waals surface area contributed by atoms with Crippen LogP contribution in [0.3, 0.4) is 0 Å². The average molecular weight is 342 g/mol. The number of nitrogens with one attached hydrogen (secondary N) is 1. The molecule has 0 aliphatic carbocycles. The highest BCUT2D eigenvalue weighted by atomic mass is 35.5. The zero-order valence-electron chi connectivity index (χ0n) is 14.0. The standard InChI is InChI=1S/C20H20ClNO2/c1-12-8-18-16(11-24-19(18)9-13(12)2)10-20(23)22-14(3)15-4-6-17(21)7-5-15/h4-9,11,14H,10H2,1-3H3,(H,22,23). The SMILES string of the molecule is Cc1cc2occ(CC(=O)NC(C)c3ccc(Cl)cc3)c2cc1C. The molecule has 1 aromatic heterocycles. The second kappa shape index (κ2) is 6.70. The van der Waals surface area contributed by atoms with Crippen LogP contribution in [0.5, 0.6) is 0 Å². The van der Waals surface area contributed by atoms with Crippen molar-refractivity contribution in [3.05, 3.63) is 69.9 Å². The van der Waals surface area contributed by atoms with Crippen molar-refractivity contribution in [2.24, 2.45) is 0 Å². The molecule has 4 heteroatoms. The molecule has 3 rings (SSSR count). The van der Waals surface area contributed by atoms with E-state index in [0.717, 1.165) is 22.1 Å². The predicted octanol–water partition coefficient (Wildman–Crippen LogP) is 5.12. The van der Waals surface area contributed by atoms with Gasteiger partial charge in [0, 0.05) is 16.0 Å². The van der Waals surface area contributed by atoms with E-state index in [2.05, 4.69) is 25.2 Å². The molecule has 0 aliphatic heterocycles. The minimum atomic E-state index is -0.0723. The van der Waals surface area contributed by atoms with Gasteiger partial charge < -0.3 is 9.73 Å². The van der Waals surface area contributed by atoms with E-state index in [0.29, 0.717) is 11.4 Å². The third-order valence-corrected chi connectivity index (χ3v) is 4.62. The molecule has 2 aromatic carbocycles. The number of carbonyl (C=O) groups excluding carboxylic acids is 1. The molecule has 0 aliphatic rings. The summed E-state index contributed by atoms with van der Waals surface area (Å²) < 4.78 is 5.59. The van der Waals surface area contributed by atoms with Gasteiger partial charge in [-0.05, 0) is 61.7 Å². The third kappa shape index (κ3) is 3.46. The summed E-state index contributed by atoms with van der Waals surface area (Å²) in [5.74, 6) is -0.0293. The summed E-state index contributed by atoms with van der Waals surface area (Å²) in [6, 6.07) is 11.5. The van der Waals surface area contributed by atoms with Crippen LogP contribution < -0.4 is 5.32 Å². The average Bonchev–Trinajstić information content (AvgIpc) is 2.90. The van der Waals surface area contributed by atoms with E-state index in [1.165, 1.54) is 11.1 Å². The van der Waals surface area contributed by atoms with Gasteiger partial charge in [0.25, 0.3) is 0 Å². The predicted molar refractivity (Wildman–Crippen MR) is 97.4 cm³/mol. The second-order valence-corrected chi connectivity index (χ2v) is 6.65. The van der Waals surface area contributed by atoms with Gasteiger partial charge in [-0.2, -0.15) is 0 Å². The van der Waals surface area contributed by atoms with Crippen LogP contribution in [-0.4, -0.2) is 5.91 Å². The molecule has 124 valence electrons. The van der Waals surface area contributed by atoms with Crippen LogP contribution in [-0.2, 0) is 11.2 Å². The number of hydrogen-bond donors (Lipinski definition) is 1. The summed E-state index contributed by atoms with van der Waals surface area (Å²) in [6.07, 6.45) is 1.98. The molecule has 0 radical (unpaired) electrons. The van der Waals surface area contributed by atoms with Crippen molar-refractivity contribution in [1.82, 2.24) is 5.32 Å². The highest BCUT2D eigenvalue weighted by Gasteiger charge is 2.14. The van der Waals surface area contributed by atoms with Crippen molar-refractivity contribution in [3.63, 3.8) is 0 Å². The monoisotopic (exact) mass is 341 g/mol. The fourth-order valence-corrected chi connectivity index (χ4v) is 2.90. The molecule has 1 unspecified atom stereocenters. The molecule has 1 N–H and O–H groups in total. The van der Waals surface area contributed by atoms with Crippen molar-refractivity contribution >= 4 is 28.5 Å². The number of halogens is 1. The van der Waals surface area contributed by atoms with Gasteiger partial charge in [0.05, 0.1) is 18.7 Å². The largest absolute Gasteiger partial charge is 0.464 e. The molecule has 1 heterocycles. The Bertz CT molecular complexity index is 881. The van der Waals surface area contributed by atoms with Gasteiger partial charge in [-0.1, -0.05) is 23.7 Å². The number of fused-ring (bicyclic) bond motifs is 1. The number of benzene rings is 2. The van der Waals surface area contributed by atoms with Crippen molar-refractivity contribution in [2.75, 3.05) is 0 Å². The molecule has 0 fully saturated rings. The van der Waals surface area contributed by atoms with Gasteiger partial charge in [-0.25, -0.2) is 0 Å².